The SMILES string of the molecule is O=C(Nc1ccc(O)cc1)C1CCN(CCC(=O)N2CCNCC2)CC1. The second-order valence-corrected chi connectivity index (χ2v) is 7.03. The van der Waals surface area contributed by atoms with Gasteiger partial charge < -0.3 is 25.5 Å². The van der Waals surface area contributed by atoms with Crippen LogP contribution in [-0.2, 0) is 9.59 Å². The molecule has 2 amide bonds. The lowest BCUT2D eigenvalue weighted by molar-refractivity contribution is -0.132. The van der Waals surface area contributed by atoms with Gasteiger partial charge in [0.1, 0.15) is 5.75 Å². The summed E-state index contributed by atoms with van der Waals surface area (Å²) in [6, 6.07) is 6.52. The first-order chi connectivity index (χ1) is 12.6. The van der Waals surface area contributed by atoms with Gasteiger partial charge in [0.2, 0.25) is 11.8 Å². The van der Waals surface area contributed by atoms with Crippen molar-refractivity contribution in [2.45, 2.75) is 19.3 Å². The van der Waals surface area contributed by atoms with Gasteiger partial charge >= 0.3 is 0 Å². The molecule has 3 rings (SSSR count). The minimum atomic E-state index is 0.00363. The summed E-state index contributed by atoms with van der Waals surface area (Å²) in [7, 11) is 0. The first-order valence-corrected chi connectivity index (χ1v) is 9.42. The Balaban J connectivity index is 1.37. The molecule has 7 nitrogen and oxygen atoms in total. The number of hydrogen-bond donors (Lipinski definition) is 3. The lowest BCUT2D eigenvalue weighted by Crippen LogP contribution is -2.47. The quantitative estimate of drug-likeness (QED) is 0.679. The van der Waals surface area contributed by atoms with Crippen LogP contribution >= 0.6 is 0 Å². The van der Waals surface area contributed by atoms with Gasteiger partial charge in [-0.3, -0.25) is 9.59 Å². The number of phenols is 1. The van der Waals surface area contributed by atoms with Gasteiger partial charge in [0.05, 0.1) is 0 Å². The number of aromatic hydroxyl groups is 1. The fourth-order valence-corrected chi connectivity index (χ4v) is 3.53. The van der Waals surface area contributed by atoms with E-state index in [0.717, 1.165) is 58.7 Å². The molecule has 0 spiro atoms. The zero-order valence-corrected chi connectivity index (χ0v) is 15.1. The molecule has 2 aliphatic heterocycles. The smallest absolute Gasteiger partial charge is 0.227 e. The van der Waals surface area contributed by atoms with Crippen molar-refractivity contribution in [3.8, 4) is 5.75 Å². The van der Waals surface area contributed by atoms with Crippen LogP contribution in [0, 0.1) is 5.92 Å². The molecule has 0 unspecified atom stereocenters. The van der Waals surface area contributed by atoms with Crippen molar-refractivity contribution < 1.29 is 14.7 Å². The Bertz CT molecular complexity index is 606. The van der Waals surface area contributed by atoms with Crippen LogP contribution in [-0.4, -0.2) is 72.5 Å². The first kappa shape index (κ1) is 18.7. The summed E-state index contributed by atoms with van der Waals surface area (Å²) in [5.74, 6) is 0.460. The zero-order valence-electron chi connectivity index (χ0n) is 15.1. The molecule has 0 aromatic heterocycles. The molecule has 2 aliphatic rings. The summed E-state index contributed by atoms with van der Waals surface area (Å²) in [5, 5.41) is 15.5. The highest BCUT2D eigenvalue weighted by Gasteiger charge is 2.25. The van der Waals surface area contributed by atoms with Crippen molar-refractivity contribution in [2.24, 2.45) is 5.92 Å². The van der Waals surface area contributed by atoms with Crippen molar-refractivity contribution in [1.82, 2.24) is 15.1 Å². The number of hydrogen-bond acceptors (Lipinski definition) is 5. The van der Waals surface area contributed by atoms with E-state index in [1.807, 2.05) is 4.90 Å². The molecule has 2 heterocycles. The highest BCUT2D eigenvalue weighted by molar-refractivity contribution is 5.92. The summed E-state index contributed by atoms with van der Waals surface area (Å²) in [6.07, 6.45) is 2.18. The number of anilines is 1. The fourth-order valence-electron chi connectivity index (χ4n) is 3.53. The summed E-state index contributed by atoms with van der Waals surface area (Å²) in [5.41, 5.74) is 0.705. The predicted octanol–water partition coefficient (Wildman–Crippen LogP) is 0.865. The number of piperazine rings is 1. The number of piperidine rings is 1. The minimum absolute atomic E-state index is 0.00363. The van der Waals surface area contributed by atoms with E-state index in [2.05, 4.69) is 15.5 Å². The normalized spacial score (nSPS) is 19.3. The van der Waals surface area contributed by atoms with Crippen molar-refractivity contribution >= 4 is 17.5 Å². The van der Waals surface area contributed by atoms with E-state index in [9.17, 15) is 14.7 Å². The number of carbonyl (C=O) groups excluding carboxylic acids is 2. The molecule has 0 aliphatic carbocycles. The number of phenolic OH excluding ortho intramolecular Hbond substituents is 1. The average molecular weight is 360 g/mol. The zero-order chi connectivity index (χ0) is 18.4. The highest BCUT2D eigenvalue weighted by Crippen LogP contribution is 2.21. The third-order valence-corrected chi connectivity index (χ3v) is 5.20. The number of nitrogens with one attached hydrogen (secondary N) is 2. The molecule has 1 aromatic rings. The lowest BCUT2D eigenvalue weighted by atomic mass is 9.95. The Labute approximate surface area is 154 Å². The number of amides is 2. The monoisotopic (exact) mass is 360 g/mol. The van der Waals surface area contributed by atoms with Gasteiger partial charge in [-0.25, -0.2) is 0 Å². The highest BCUT2D eigenvalue weighted by atomic mass is 16.3. The van der Waals surface area contributed by atoms with E-state index >= 15 is 0 Å². The molecule has 0 bridgehead atoms. The first-order valence-electron chi connectivity index (χ1n) is 9.42. The van der Waals surface area contributed by atoms with Gasteiger partial charge in [-0.05, 0) is 50.2 Å². The summed E-state index contributed by atoms with van der Waals surface area (Å²) in [6.45, 7) is 5.84. The topological polar surface area (TPSA) is 84.9 Å². The van der Waals surface area contributed by atoms with E-state index < -0.39 is 0 Å². The largest absolute Gasteiger partial charge is 0.508 e. The van der Waals surface area contributed by atoms with Crippen molar-refractivity contribution in [3.63, 3.8) is 0 Å². The van der Waals surface area contributed by atoms with Gasteiger partial charge in [0.15, 0.2) is 0 Å². The van der Waals surface area contributed by atoms with Gasteiger partial charge in [-0.15, -0.1) is 0 Å². The number of likely N-dealkylation sites (tertiary alicyclic amines) is 1. The van der Waals surface area contributed by atoms with E-state index in [0.29, 0.717) is 12.1 Å². The second-order valence-electron chi connectivity index (χ2n) is 7.03. The van der Waals surface area contributed by atoms with Crippen LogP contribution in [0.1, 0.15) is 19.3 Å². The maximum atomic E-state index is 12.4. The number of carbonyl (C=O) groups is 2. The molecule has 0 radical (unpaired) electrons. The molecule has 3 N–H and O–H groups in total. The van der Waals surface area contributed by atoms with E-state index in [1.54, 1.807) is 24.3 Å². The lowest BCUT2D eigenvalue weighted by Gasteiger charge is -2.32. The Morgan fingerprint density at radius 3 is 2.38 bits per heavy atom. The Hall–Kier alpha value is -2.12. The molecule has 1 aromatic carbocycles. The van der Waals surface area contributed by atoms with Crippen LogP contribution in [0.2, 0.25) is 0 Å². The molecule has 2 saturated heterocycles. The van der Waals surface area contributed by atoms with Gasteiger partial charge in [-0.2, -0.15) is 0 Å². The molecular formula is C19H28N4O3. The van der Waals surface area contributed by atoms with E-state index in [1.165, 1.54) is 0 Å². The van der Waals surface area contributed by atoms with Crippen LogP contribution in [0.5, 0.6) is 5.75 Å². The molecule has 0 atom stereocenters. The van der Waals surface area contributed by atoms with Gasteiger partial charge in [-0.1, -0.05) is 0 Å². The van der Waals surface area contributed by atoms with Crippen molar-refractivity contribution in [1.29, 1.82) is 0 Å². The van der Waals surface area contributed by atoms with Crippen LogP contribution < -0.4 is 10.6 Å². The number of rotatable bonds is 5. The Morgan fingerprint density at radius 2 is 1.73 bits per heavy atom. The minimum Gasteiger partial charge on any atom is -0.508 e. The molecule has 7 heteroatoms. The Kier molecular flexibility index (Phi) is 6.46. The average Bonchev–Trinajstić information content (AvgIpc) is 2.69. The molecule has 2 fully saturated rings. The third kappa shape index (κ3) is 5.19. The molecule has 26 heavy (non-hydrogen) atoms. The van der Waals surface area contributed by atoms with E-state index in [-0.39, 0.29) is 23.5 Å². The van der Waals surface area contributed by atoms with Crippen LogP contribution in [0.3, 0.4) is 0 Å². The summed E-state index contributed by atoms with van der Waals surface area (Å²) in [4.78, 5) is 28.8. The van der Waals surface area contributed by atoms with Crippen LogP contribution in [0.4, 0.5) is 5.69 Å². The predicted molar refractivity (Wildman–Crippen MR) is 100.0 cm³/mol. The molecule has 142 valence electrons. The summed E-state index contributed by atoms with van der Waals surface area (Å²) < 4.78 is 0. The molecular weight excluding hydrogens is 332 g/mol. The maximum Gasteiger partial charge on any atom is 0.227 e. The second kappa shape index (κ2) is 9.00. The maximum absolute atomic E-state index is 12.4. The van der Waals surface area contributed by atoms with Crippen molar-refractivity contribution in [2.75, 3.05) is 51.1 Å². The number of benzene rings is 1. The standard InChI is InChI=1S/C19H28N4O3/c24-17-3-1-16(2-4-17)21-19(26)15-5-10-22(11-6-15)12-7-18(25)23-13-8-20-9-14-23/h1-4,15,20,24H,5-14H2,(H,21,26). The summed E-state index contributed by atoms with van der Waals surface area (Å²) >= 11 is 0. The van der Waals surface area contributed by atoms with E-state index in [4.69, 9.17) is 0 Å². The van der Waals surface area contributed by atoms with Gasteiger partial charge in [0, 0.05) is 50.7 Å². The van der Waals surface area contributed by atoms with Crippen LogP contribution in [0.25, 0.3) is 0 Å². The molecule has 0 saturated carbocycles. The fraction of sp³-hybridized carbons (Fsp3) is 0.579. The Morgan fingerprint density at radius 1 is 1.08 bits per heavy atom. The third-order valence-electron chi connectivity index (χ3n) is 5.20. The number of nitrogens with zero attached hydrogens (tertiary/aromatic N) is 2. The van der Waals surface area contributed by atoms with Crippen molar-refractivity contribution in [3.05, 3.63) is 24.3 Å². The van der Waals surface area contributed by atoms with Crippen LogP contribution in [0.15, 0.2) is 24.3 Å². The van der Waals surface area contributed by atoms with Gasteiger partial charge in [0.25, 0.3) is 0 Å².